The van der Waals surface area contributed by atoms with E-state index in [4.69, 9.17) is 14.2 Å². The van der Waals surface area contributed by atoms with Gasteiger partial charge in [0.2, 0.25) is 5.91 Å². The fourth-order valence-electron chi connectivity index (χ4n) is 3.30. The quantitative estimate of drug-likeness (QED) is 0.748. The van der Waals surface area contributed by atoms with Crippen molar-refractivity contribution in [1.82, 2.24) is 14.7 Å². The lowest BCUT2D eigenvalue weighted by atomic mass is 10.00. The van der Waals surface area contributed by atoms with E-state index in [2.05, 4.69) is 5.10 Å². The third kappa shape index (κ3) is 3.82. The lowest BCUT2D eigenvalue weighted by Gasteiger charge is -2.31. The summed E-state index contributed by atoms with van der Waals surface area (Å²) in [5.41, 5.74) is -0.653. The third-order valence-corrected chi connectivity index (χ3v) is 4.47. The number of rotatable bonds is 4. The van der Waals surface area contributed by atoms with E-state index in [1.54, 1.807) is 17.2 Å². The zero-order valence-corrected chi connectivity index (χ0v) is 13.8. The SMILES string of the molecule is COCC(=O)N1CCOC[C@]2(CC[C@@H](Cn3ncccc3=O)O2)C1. The topological polar surface area (TPSA) is 82.9 Å². The molecule has 1 aromatic heterocycles. The van der Waals surface area contributed by atoms with Gasteiger partial charge in [-0.05, 0) is 18.9 Å². The van der Waals surface area contributed by atoms with Gasteiger partial charge in [-0.15, -0.1) is 0 Å². The summed E-state index contributed by atoms with van der Waals surface area (Å²) in [5.74, 6) is -0.0598. The van der Waals surface area contributed by atoms with Gasteiger partial charge >= 0.3 is 0 Å². The van der Waals surface area contributed by atoms with Crippen molar-refractivity contribution in [2.75, 3.05) is 40.0 Å². The van der Waals surface area contributed by atoms with Crippen molar-refractivity contribution in [2.45, 2.75) is 31.1 Å². The fraction of sp³-hybridized carbons (Fsp3) is 0.688. The highest BCUT2D eigenvalue weighted by atomic mass is 16.6. The van der Waals surface area contributed by atoms with Crippen molar-refractivity contribution in [3.8, 4) is 0 Å². The minimum absolute atomic E-state index is 0.0584. The third-order valence-electron chi connectivity index (χ3n) is 4.47. The van der Waals surface area contributed by atoms with Crippen LogP contribution in [0.1, 0.15) is 12.8 Å². The highest BCUT2D eigenvalue weighted by Gasteiger charge is 2.44. The summed E-state index contributed by atoms with van der Waals surface area (Å²) < 4.78 is 18.3. The largest absolute Gasteiger partial charge is 0.377 e. The van der Waals surface area contributed by atoms with Crippen molar-refractivity contribution in [1.29, 1.82) is 0 Å². The highest BCUT2D eigenvalue weighted by molar-refractivity contribution is 5.77. The Balaban J connectivity index is 1.66. The highest BCUT2D eigenvalue weighted by Crippen LogP contribution is 2.33. The fourth-order valence-corrected chi connectivity index (χ4v) is 3.30. The second-order valence-corrected chi connectivity index (χ2v) is 6.31. The van der Waals surface area contributed by atoms with Crippen LogP contribution in [0.3, 0.4) is 0 Å². The van der Waals surface area contributed by atoms with Crippen LogP contribution < -0.4 is 5.56 Å². The number of amides is 1. The normalized spacial score (nSPS) is 27.4. The molecule has 0 radical (unpaired) electrons. The van der Waals surface area contributed by atoms with Crippen LogP contribution >= 0.6 is 0 Å². The molecule has 2 aliphatic heterocycles. The van der Waals surface area contributed by atoms with Gasteiger partial charge in [0.1, 0.15) is 12.2 Å². The Bertz CT molecular complexity index is 634. The van der Waals surface area contributed by atoms with Gasteiger partial charge in [0.25, 0.3) is 5.56 Å². The van der Waals surface area contributed by atoms with Gasteiger partial charge in [-0.1, -0.05) is 0 Å². The molecule has 2 aliphatic rings. The van der Waals surface area contributed by atoms with E-state index in [1.807, 2.05) is 0 Å². The molecule has 2 atom stereocenters. The zero-order valence-electron chi connectivity index (χ0n) is 13.8. The molecule has 1 amide bonds. The Morgan fingerprint density at radius 3 is 3.21 bits per heavy atom. The summed E-state index contributed by atoms with van der Waals surface area (Å²) in [6.45, 7) is 2.44. The first-order valence-electron chi connectivity index (χ1n) is 8.16. The molecule has 0 bridgehead atoms. The number of hydrogen-bond acceptors (Lipinski definition) is 6. The molecule has 1 spiro atoms. The average molecular weight is 337 g/mol. The molecule has 1 aromatic rings. The summed E-state index contributed by atoms with van der Waals surface area (Å²) >= 11 is 0. The van der Waals surface area contributed by atoms with Crippen LogP contribution in [0, 0.1) is 0 Å². The Hall–Kier alpha value is -1.77. The van der Waals surface area contributed by atoms with Gasteiger partial charge < -0.3 is 19.1 Å². The Kier molecular flexibility index (Phi) is 5.27. The van der Waals surface area contributed by atoms with Gasteiger partial charge in [-0.2, -0.15) is 5.10 Å². The van der Waals surface area contributed by atoms with Crippen molar-refractivity contribution >= 4 is 5.91 Å². The molecule has 24 heavy (non-hydrogen) atoms. The minimum Gasteiger partial charge on any atom is -0.377 e. The van der Waals surface area contributed by atoms with E-state index in [-0.39, 0.29) is 24.2 Å². The minimum atomic E-state index is -0.511. The van der Waals surface area contributed by atoms with Crippen LogP contribution in [-0.4, -0.2) is 72.3 Å². The Labute approximate surface area is 140 Å². The van der Waals surface area contributed by atoms with Crippen molar-refractivity contribution in [2.24, 2.45) is 0 Å². The molecule has 0 unspecified atom stereocenters. The number of hydrogen-bond donors (Lipinski definition) is 0. The number of ether oxygens (including phenoxy) is 3. The standard InChI is InChI=1S/C16H23N3O5/c1-22-10-15(21)18-7-8-23-12-16(11-18)5-4-13(24-16)9-19-14(20)3-2-6-17-19/h2-3,6,13H,4-5,7-12H2,1H3/t13-,16-/m0/s1. The van der Waals surface area contributed by atoms with E-state index in [9.17, 15) is 9.59 Å². The number of nitrogens with zero attached hydrogens (tertiary/aromatic N) is 3. The Morgan fingerprint density at radius 2 is 2.42 bits per heavy atom. The smallest absolute Gasteiger partial charge is 0.266 e. The van der Waals surface area contributed by atoms with Gasteiger partial charge in [0.05, 0.1) is 32.4 Å². The van der Waals surface area contributed by atoms with E-state index < -0.39 is 5.60 Å². The molecule has 8 heteroatoms. The predicted molar refractivity (Wildman–Crippen MR) is 84.6 cm³/mol. The van der Waals surface area contributed by atoms with E-state index >= 15 is 0 Å². The molecular formula is C16H23N3O5. The molecule has 0 aliphatic carbocycles. The summed E-state index contributed by atoms with van der Waals surface area (Å²) in [7, 11) is 1.51. The van der Waals surface area contributed by atoms with E-state index in [1.165, 1.54) is 17.9 Å². The molecule has 0 N–H and O–H groups in total. The average Bonchev–Trinajstić information content (AvgIpc) is 2.82. The second kappa shape index (κ2) is 7.42. The van der Waals surface area contributed by atoms with Crippen LogP contribution in [0.25, 0.3) is 0 Å². The molecule has 2 fully saturated rings. The summed E-state index contributed by atoms with van der Waals surface area (Å²) in [4.78, 5) is 25.7. The van der Waals surface area contributed by atoms with Gasteiger partial charge in [-0.3, -0.25) is 9.59 Å². The molecule has 0 saturated carbocycles. The number of carbonyl (C=O) groups excluding carboxylic acids is 1. The molecule has 132 valence electrons. The van der Waals surface area contributed by atoms with E-state index in [0.29, 0.717) is 32.8 Å². The molecule has 3 rings (SSSR count). The molecule has 2 saturated heterocycles. The predicted octanol–water partition coefficient (Wildman–Crippen LogP) is -0.334. The lowest BCUT2D eigenvalue weighted by molar-refractivity contribution is -0.140. The summed E-state index contributed by atoms with van der Waals surface area (Å²) in [6, 6.07) is 3.10. The van der Waals surface area contributed by atoms with Gasteiger partial charge in [0.15, 0.2) is 0 Å². The first-order chi connectivity index (χ1) is 11.6. The maximum absolute atomic E-state index is 12.1. The monoisotopic (exact) mass is 337 g/mol. The second-order valence-electron chi connectivity index (χ2n) is 6.31. The van der Waals surface area contributed by atoms with E-state index in [0.717, 1.165) is 12.8 Å². The number of aromatic nitrogens is 2. The Morgan fingerprint density at radius 1 is 1.54 bits per heavy atom. The van der Waals surface area contributed by atoms with Gasteiger partial charge in [-0.25, -0.2) is 4.68 Å². The molecule has 3 heterocycles. The van der Waals surface area contributed by atoms with Crippen LogP contribution in [0.5, 0.6) is 0 Å². The van der Waals surface area contributed by atoms with Crippen molar-refractivity contribution in [3.05, 3.63) is 28.7 Å². The van der Waals surface area contributed by atoms with Crippen LogP contribution in [-0.2, 0) is 25.5 Å². The van der Waals surface area contributed by atoms with Crippen molar-refractivity contribution in [3.63, 3.8) is 0 Å². The van der Waals surface area contributed by atoms with Crippen LogP contribution in [0.15, 0.2) is 23.1 Å². The van der Waals surface area contributed by atoms with Crippen LogP contribution in [0.2, 0.25) is 0 Å². The first-order valence-corrected chi connectivity index (χ1v) is 8.16. The zero-order chi connectivity index (χ0) is 17.0. The van der Waals surface area contributed by atoms with Gasteiger partial charge in [0, 0.05) is 25.9 Å². The summed E-state index contributed by atoms with van der Waals surface area (Å²) in [5, 5.41) is 4.07. The molecule has 0 aromatic carbocycles. The summed E-state index contributed by atoms with van der Waals surface area (Å²) in [6.07, 6.45) is 3.07. The molecule has 8 nitrogen and oxygen atoms in total. The van der Waals surface area contributed by atoms with Crippen molar-refractivity contribution < 1.29 is 19.0 Å². The number of carbonyl (C=O) groups is 1. The maximum atomic E-state index is 12.1. The first kappa shape index (κ1) is 17.1. The lowest BCUT2D eigenvalue weighted by Crippen LogP contribution is -2.47. The van der Waals surface area contributed by atoms with Crippen LogP contribution in [0.4, 0.5) is 0 Å². The number of methoxy groups -OCH3 is 1. The maximum Gasteiger partial charge on any atom is 0.266 e. The molecular weight excluding hydrogens is 314 g/mol.